The highest BCUT2D eigenvalue weighted by Gasteiger charge is 2.57. The Labute approximate surface area is 164 Å². The molecule has 30 heavy (non-hydrogen) atoms. The molecule has 2 rings (SSSR count). The Morgan fingerprint density at radius 2 is 1.80 bits per heavy atom. The average molecular weight is 503 g/mol. The third-order valence-corrected chi connectivity index (χ3v) is 7.04. The van der Waals surface area contributed by atoms with Crippen LogP contribution in [0.5, 0.6) is 0 Å². The number of phosphoric ester groups is 1. The summed E-state index contributed by atoms with van der Waals surface area (Å²) in [6.45, 7) is 0. The summed E-state index contributed by atoms with van der Waals surface area (Å²) in [4.78, 5) is 50.0. The quantitative estimate of drug-likeness (QED) is 0.243. The maximum Gasteiger partial charge on any atom is 0.490 e. The maximum absolute atomic E-state index is 14.2. The highest BCUT2D eigenvalue weighted by molar-refractivity contribution is 7.66. The number of aromatic nitrogens is 2. The number of nitrogen functional groups attached to an aromatic ring is 1. The van der Waals surface area contributed by atoms with E-state index in [0.29, 0.717) is 4.57 Å². The smallest absolute Gasteiger partial charge is 0.390 e. The Morgan fingerprint density at radius 3 is 2.33 bits per heavy atom. The Hall–Kier alpha value is -1.13. The van der Waals surface area contributed by atoms with Crippen LogP contribution in [0.2, 0.25) is 0 Å². The van der Waals surface area contributed by atoms with E-state index in [1.165, 1.54) is 0 Å². The molecule has 172 valence electrons. The summed E-state index contributed by atoms with van der Waals surface area (Å²) in [5.74, 6) is -0.190. The van der Waals surface area contributed by atoms with E-state index < -0.39 is 60.1 Å². The molecule has 1 fully saturated rings. The molecule has 5 atom stereocenters. The van der Waals surface area contributed by atoms with E-state index in [1.54, 1.807) is 0 Å². The fourth-order valence-electron chi connectivity index (χ4n) is 2.28. The topological polar surface area (TPSA) is 250 Å². The van der Waals surface area contributed by atoms with Gasteiger partial charge in [-0.1, -0.05) is 0 Å². The molecule has 1 saturated heterocycles. The molecule has 1 aromatic heterocycles. The zero-order valence-electron chi connectivity index (χ0n) is 14.2. The molecule has 1 aliphatic rings. The number of ether oxygens (including phenoxy) is 1. The first kappa shape index (κ1) is 25.1. The molecule has 0 aliphatic carbocycles. The lowest BCUT2D eigenvalue weighted by atomic mass is 10.1. The minimum absolute atomic E-state index is 0.190. The second kappa shape index (κ2) is 8.43. The molecule has 16 nitrogen and oxygen atoms in total. The van der Waals surface area contributed by atoms with Crippen LogP contribution >= 0.6 is 23.5 Å². The number of hydrogen-bond acceptors (Lipinski definition) is 11. The summed E-state index contributed by atoms with van der Waals surface area (Å²) >= 11 is 0. The average Bonchev–Trinajstić information content (AvgIpc) is 2.84. The molecule has 0 radical (unpaired) electrons. The summed E-state index contributed by atoms with van der Waals surface area (Å²) in [6.07, 6.45) is -10.8. The van der Waals surface area contributed by atoms with Gasteiger partial charge < -0.3 is 35.2 Å². The highest BCUT2D eigenvalue weighted by atomic mass is 31.3. The summed E-state index contributed by atoms with van der Waals surface area (Å²) in [5.41, 5.74) is 4.25. The number of anilines is 1. The number of alkyl halides is 2. The van der Waals surface area contributed by atoms with Gasteiger partial charge in [0.05, 0.1) is 6.10 Å². The molecule has 1 aliphatic heterocycles. The number of aliphatic hydroxyl groups excluding tert-OH is 1. The van der Waals surface area contributed by atoms with Crippen LogP contribution in [0.15, 0.2) is 17.1 Å². The van der Waals surface area contributed by atoms with E-state index in [2.05, 4.69) is 18.1 Å². The van der Waals surface area contributed by atoms with Crippen LogP contribution in [-0.2, 0) is 31.6 Å². The second-order valence-electron chi connectivity index (χ2n) is 5.60. The molecule has 2 unspecified atom stereocenters. The van der Waals surface area contributed by atoms with Gasteiger partial charge in [-0.3, -0.25) is 4.57 Å². The van der Waals surface area contributed by atoms with Crippen LogP contribution in [0.4, 0.5) is 14.6 Å². The van der Waals surface area contributed by atoms with E-state index in [4.69, 9.17) is 25.2 Å². The van der Waals surface area contributed by atoms with Crippen LogP contribution in [0.25, 0.3) is 0 Å². The minimum Gasteiger partial charge on any atom is -0.390 e. The molecule has 2 heterocycles. The molecule has 0 amide bonds. The number of phosphoric acid groups is 3. The van der Waals surface area contributed by atoms with Crippen LogP contribution in [-0.4, -0.2) is 52.5 Å². The van der Waals surface area contributed by atoms with Crippen LogP contribution in [0.1, 0.15) is 12.6 Å². The minimum atomic E-state index is -6.23. The number of nitrogens with zero attached hydrogens (tertiary/aromatic N) is 2. The number of hydrogen-bond donors (Lipinski definition) is 6. The predicted octanol–water partition coefficient (Wildman–Crippen LogP) is -0.590. The van der Waals surface area contributed by atoms with E-state index in [1.807, 2.05) is 0 Å². The molecular formula is C9H14F2N3O13P3. The van der Waals surface area contributed by atoms with Crippen molar-refractivity contribution in [3.05, 3.63) is 22.7 Å². The molecule has 21 heteroatoms. The van der Waals surface area contributed by atoms with Gasteiger partial charge in [0.15, 0.2) is 6.10 Å². The van der Waals surface area contributed by atoms with Gasteiger partial charge in [0.25, 0.3) is 0 Å². The summed E-state index contributed by atoms with van der Waals surface area (Å²) in [5, 5.41) is 9.79. The monoisotopic (exact) mass is 503 g/mol. The molecule has 0 saturated carbocycles. The van der Waals surface area contributed by atoms with Gasteiger partial charge in [0.1, 0.15) is 12.0 Å². The second-order valence-corrected chi connectivity index (χ2v) is 9.95. The molecule has 0 aromatic carbocycles. The van der Waals surface area contributed by atoms with Gasteiger partial charge in [0.2, 0.25) is 0 Å². The van der Waals surface area contributed by atoms with E-state index in [-0.39, 0.29) is 5.82 Å². The lowest BCUT2D eigenvalue weighted by molar-refractivity contribution is -0.271. The third kappa shape index (κ3) is 6.68. The molecule has 7 N–H and O–H groups in total. The zero-order valence-corrected chi connectivity index (χ0v) is 16.8. The van der Waals surface area contributed by atoms with Gasteiger partial charge in [-0.2, -0.15) is 22.4 Å². The van der Waals surface area contributed by atoms with Crippen LogP contribution in [0.3, 0.4) is 0 Å². The lowest BCUT2D eigenvalue weighted by Crippen LogP contribution is -2.42. The van der Waals surface area contributed by atoms with Crippen molar-refractivity contribution >= 4 is 29.3 Å². The first-order valence-corrected chi connectivity index (χ1v) is 11.8. The van der Waals surface area contributed by atoms with Gasteiger partial charge in [-0.15, -0.1) is 0 Å². The van der Waals surface area contributed by atoms with E-state index in [9.17, 15) is 37.3 Å². The Balaban J connectivity index is 2.16. The highest BCUT2D eigenvalue weighted by Crippen LogP contribution is 2.67. The summed E-state index contributed by atoms with van der Waals surface area (Å²) < 4.78 is 77.3. The van der Waals surface area contributed by atoms with Crippen molar-refractivity contribution in [3.63, 3.8) is 0 Å². The Bertz CT molecular complexity index is 998. The van der Waals surface area contributed by atoms with Crippen molar-refractivity contribution in [2.45, 2.75) is 31.0 Å². The van der Waals surface area contributed by atoms with Crippen molar-refractivity contribution in [1.29, 1.82) is 0 Å². The summed E-state index contributed by atoms with van der Waals surface area (Å²) in [6, 6.07) is 1.12. The zero-order chi connectivity index (χ0) is 23.1. The van der Waals surface area contributed by atoms with Gasteiger partial charge in [-0.05, 0) is 6.07 Å². The van der Waals surface area contributed by atoms with Crippen molar-refractivity contribution in [2.24, 2.45) is 0 Å². The maximum atomic E-state index is 14.2. The normalized spacial score (nSPS) is 26.8. The Kier molecular flexibility index (Phi) is 7.06. The summed E-state index contributed by atoms with van der Waals surface area (Å²) in [7, 11) is -18.0. The van der Waals surface area contributed by atoms with Gasteiger partial charge in [0, 0.05) is 12.6 Å². The first-order valence-electron chi connectivity index (χ1n) is 7.31. The Morgan fingerprint density at radius 1 is 1.20 bits per heavy atom. The van der Waals surface area contributed by atoms with E-state index >= 15 is 0 Å². The fraction of sp³-hybridized carbons (Fsp3) is 0.556. The third-order valence-electron chi connectivity index (χ3n) is 3.24. The van der Waals surface area contributed by atoms with Gasteiger partial charge >= 0.3 is 35.3 Å². The number of halogens is 2. The molecule has 0 spiro atoms. The molecule has 0 bridgehead atoms. The van der Waals surface area contributed by atoms with Crippen LogP contribution < -0.4 is 11.4 Å². The molecule has 1 aromatic rings. The van der Waals surface area contributed by atoms with Crippen molar-refractivity contribution < 1.29 is 65.0 Å². The molecular weight excluding hydrogens is 489 g/mol. The SMILES string of the molecule is Nc1ccn([C@H]2C[C@H](O)[C@@H](C(F)(F)OP(=O)(O)OP(=O)(O)OP(=O)(O)O)O2)c(=O)n1. The lowest BCUT2D eigenvalue weighted by Gasteiger charge is -2.26. The van der Waals surface area contributed by atoms with Crippen molar-refractivity contribution in [3.8, 4) is 0 Å². The standard InChI is InChI=1S/C9H14F2N3O13P3/c10-9(11,25-29(20,21)27-30(22,23)26-28(17,18)19)7-4(15)3-6(24-7)14-2-1-5(12)13-8(14)16/h1-2,4,6-7,15H,3H2,(H,20,21)(H,22,23)(H2,12,13,16)(H2,17,18,19)/t4-,6+,7-/m0/s1. The number of aliphatic hydroxyl groups is 1. The number of rotatable bonds is 8. The number of nitrogens with two attached hydrogens (primary N) is 1. The first-order chi connectivity index (χ1) is 13.4. The predicted molar refractivity (Wildman–Crippen MR) is 87.3 cm³/mol. The van der Waals surface area contributed by atoms with Crippen molar-refractivity contribution in [1.82, 2.24) is 9.55 Å². The van der Waals surface area contributed by atoms with E-state index in [0.717, 1.165) is 12.3 Å². The largest absolute Gasteiger partial charge is 0.490 e. The van der Waals surface area contributed by atoms with Crippen LogP contribution in [0, 0.1) is 0 Å². The van der Waals surface area contributed by atoms with Crippen molar-refractivity contribution in [2.75, 3.05) is 5.73 Å². The van der Waals surface area contributed by atoms with Gasteiger partial charge in [-0.25, -0.2) is 23.0 Å². The fourth-order valence-corrected chi connectivity index (χ4v) is 5.33.